The molecule has 1 aliphatic rings. The van der Waals surface area contributed by atoms with Crippen LogP contribution in [0.3, 0.4) is 0 Å². The Hall–Kier alpha value is -1.45. The van der Waals surface area contributed by atoms with Gasteiger partial charge < -0.3 is 15.1 Å². The molecule has 1 aromatic carbocycles. The molecule has 0 saturated heterocycles. The molecule has 1 unspecified atom stereocenters. The van der Waals surface area contributed by atoms with E-state index in [4.69, 9.17) is 21.8 Å². The lowest BCUT2D eigenvalue weighted by atomic mass is 10.0. The summed E-state index contributed by atoms with van der Waals surface area (Å²) in [6, 6.07) is 10.8. The van der Waals surface area contributed by atoms with E-state index in [0.717, 1.165) is 23.7 Å². The first-order chi connectivity index (χ1) is 10.1. The van der Waals surface area contributed by atoms with E-state index in [0.29, 0.717) is 6.04 Å². The van der Waals surface area contributed by atoms with Crippen LogP contribution in [0, 0.1) is 0 Å². The molecule has 2 N–H and O–H groups in total. The molecule has 0 spiro atoms. The fraction of sp³-hybridized carbons (Fsp3) is 0.412. The Morgan fingerprint density at radius 2 is 2.19 bits per heavy atom. The van der Waals surface area contributed by atoms with Gasteiger partial charge in [0, 0.05) is 22.8 Å². The van der Waals surface area contributed by atoms with Crippen molar-refractivity contribution in [2.45, 2.75) is 44.8 Å². The van der Waals surface area contributed by atoms with Crippen LogP contribution in [0.1, 0.15) is 31.1 Å². The van der Waals surface area contributed by atoms with Crippen LogP contribution in [0.4, 0.5) is 5.69 Å². The zero-order valence-corrected chi connectivity index (χ0v) is 13.0. The Labute approximate surface area is 130 Å². The number of nitrogens with zero attached hydrogens (tertiary/aromatic N) is 1. The predicted octanol–water partition coefficient (Wildman–Crippen LogP) is 3.99. The van der Waals surface area contributed by atoms with Crippen LogP contribution < -0.4 is 10.6 Å². The van der Waals surface area contributed by atoms with Crippen LogP contribution in [-0.4, -0.2) is 12.1 Å². The minimum atomic E-state index is 0.117. The fourth-order valence-electron chi connectivity index (χ4n) is 2.71. The highest BCUT2D eigenvalue weighted by Gasteiger charge is 2.31. The van der Waals surface area contributed by atoms with Crippen LogP contribution in [0.5, 0.6) is 0 Å². The lowest BCUT2D eigenvalue weighted by molar-refractivity contribution is 0.501. The zero-order valence-electron chi connectivity index (χ0n) is 12.3. The Morgan fingerprint density at radius 3 is 2.81 bits per heavy atom. The van der Waals surface area contributed by atoms with Gasteiger partial charge in [0.25, 0.3) is 0 Å². The Morgan fingerprint density at radius 1 is 1.38 bits per heavy atom. The average Bonchev–Trinajstić information content (AvgIpc) is 3.14. The van der Waals surface area contributed by atoms with Gasteiger partial charge in [-0.2, -0.15) is 0 Å². The van der Waals surface area contributed by atoms with Gasteiger partial charge in [-0.05, 0) is 62.1 Å². The highest BCUT2D eigenvalue weighted by Crippen LogP contribution is 2.36. The van der Waals surface area contributed by atoms with Crippen molar-refractivity contribution in [3.8, 4) is 0 Å². The summed E-state index contributed by atoms with van der Waals surface area (Å²) in [5.41, 5.74) is 8.44. The Kier molecular flexibility index (Phi) is 4.22. The topological polar surface area (TPSA) is 42.4 Å². The smallest absolute Gasteiger partial charge is 0.123 e. The van der Waals surface area contributed by atoms with Gasteiger partial charge in [0.05, 0.1) is 12.8 Å². The van der Waals surface area contributed by atoms with Crippen molar-refractivity contribution in [3.63, 3.8) is 0 Å². The summed E-state index contributed by atoms with van der Waals surface area (Å²) >= 11 is 6.17. The number of rotatable bonds is 6. The third-order valence-electron chi connectivity index (χ3n) is 3.79. The number of hydrogen-bond donors (Lipinski definition) is 1. The van der Waals surface area contributed by atoms with Crippen molar-refractivity contribution in [2.75, 3.05) is 4.90 Å². The maximum Gasteiger partial charge on any atom is 0.123 e. The van der Waals surface area contributed by atoms with Gasteiger partial charge >= 0.3 is 0 Å². The molecule has 1 heterocycles. The summed E-state index contributed by atoms with van der Waals surface area (Å²) in [5.74, 6) is 0.989. The number of hydrogen-bond acceptors (Lipinski definition) is 3. The lowest BCUT2D eigenvalue weighted by Gasteiger charge is -2.27. The van der Waals surface area contributed by atoms with Crippen molar-refractivity contribution in [1.82, 2.24) is 0 Å². The van der Waals surface area contributed by atoms with Gasteiger partial charge in [-0.3, -0.25) is 0 Å². The standard InChI is InChI=1S/C17H21ClN2O/c1-12(19)9-13-10-14(18)4-7-17(13)20(15-5-6-15)11-16-3-2-8-21-16/h2-4,7-8,10,12,15H,5-6,9,11,19H2,1H3. The van der Waals surface area contributed by atoms with Crippen molar-refractivity contribution in [2.24, 2.45) is 5.73 Å². The van der Waals surface area contributed by atoms with E-state index in [1.807, 2.05) is 31.2 Å². The number of halogens is 1. The second kappa shape index (κ2) is 6.12. The fourth-order valence-corrected chi connectivity index (χ4v) is 2.91. The van der Waals surface area contributed by atoms with E-state index in [1.165, 1.54) is 24.1 Å². The first-order valence-electron chi connectivity index (χ1n) is 7.46. The molecule has 2 aromatic rings. The van der Waals surface area contributed by atoms with Crippen molar-refractivity contribution in [1.29, 1.82) is 0 Å². The van der Waals surface area contributed by atoms with Crippen molar-refractivity contribution >= 4 is 17.3 Å². The number of furan rings is 1. The molecule has 0 amide bonds. The maximum atomic E-state index is 6.17. The minimum Gasteiger partial charge on any atom is -0.467 e. The molecule has 0 bridgehead atoms. The highest BCUT2D eigenvalue weighted by molar-refractivity contribution is 6.30. The Balaban J connectivity index is 1.91. The van der Waals surface area contributed by atoms with Gasteiger partial charge in [-0.15, -0.1) is 0 Å². The third kappa shape index (κ3) is 3.60. The first-order valence-corrected chi connectivity index (χ1v) is 7.84. The molecule has 0 aliphatic heterocycles. The molecule has 1 atom stereocenters. The van der Waals surface area contributed by atoms with Gasteiger partial charge in [-0.25, -0.2) is 0 Å². The van der Waals surface area contributed by atoms with Crippen molar-refractivity contribution < 1.29 is 4.42 Å². The number of anilines is 1. The monoisotopic (exact) mass is 304 g/mol. The van der Waals surface area contributed by atoms with Crippen molar-refractivity contribution in [3.05, 3.63) is 52.9 Å². The highest BCUT2D eigenvalue weighted by atomic mass is 35.5. The molecule has 112 valence electrons. The second-order valence-corrected chi connectivity index (χ2v) is 6.33. The van der Waals surface area contributed by atoms with Crippen LogP contribution in [0.25, 0.3) is 0 Å². The normalized spacial score (nSPS) is 16.0. The average molecular weight is 305 g/mol. The molecular weight excluding hydrogens is 284 g/mol. The molecule has 3 rings (SSSR count). The van der Waals surface area contributed by atoms with E-state index in [2.05, 4.69) is 11.0 Å². The second-order valence-electron chi connectivity index (χ2n) is 5.89. The van der Waals surface area contributed by atoms with Crippen LogP contribution in [0.2, 0.25) is 5.02 Å². The van der Waals surface area contributed by atoms with Crippen LogP contribution >= 0.6 is 11.6 Å². The third-order valence-corrected chi connectivity index (χ3v) is 4.02. The molecule has 3 nitrogen and oxygen atoms in total. The molecule has 0 radical (unpaired) electrons. The maximum absolute atomic E-state index is 6.17. The van der Waals surface area contributed by atoms with E-state index in [1.54, 1.807) is 6.26 Å². The van der Waals surface area contributed by atoms with E-state index in [-0.39, 0.29) is 6.04 Å². The summed E-state index contributed by atoms with van der Waals surface area (Å²) < 4.78 is 5.52. The van der Waals surface area contributed by atoms with Crippen LogP contribution in [-0.2, 0) is 13.0 Å². The number of nitrogens with two attached hydrogens (primary N) is 1. The lowest BCUT2D eigenvalue weighted by Crippen LogP contribution is -2.27. The van der Waals surface area contributed by atoms with E-state index < -0.39 is 0 Å². The van der Waals surface area contributed by atoms with Gasteiger partial charge in [0.2, 0.25) is 0 Å². The SMILES string of the molecule is CC(N)Cc1cc(Cl)ccc1N(Cc1ccco1)C1CC1. The summed E-state index contributed by atoms with van der Waals surface area (Å²) in [5, 5.41) is 0.767. The van der Waals surface area contributed by atoms with E-state index in [9.17, 15) is 0 Å². The minimum absolute atomic E-state index is 0.117. The van der Waals surface area contributed by atoms with Gasteiger partial charge in [-0.1, -0.05) is 11.6 Å². The van der Waals surface area contributed by atoms with Crippen LogP contribution in [0.15, 0.2) is 41.0 Å². The van der Waals surface area contributed by atoms with E-state index >= 15 is 0 Å². The summed E-state index contributed by atoms with van der Waals surface area (Å²) in [7, 11) is 0. The molecule has 1 aromatic heterocycles. The predicted molar refractivity (Wildman–Crippen MR) is 86.7 cm³/mol. The summed E-state index contributed by atoms with van der Waals surface area (Å²) in [6.45, 7) is 2.82. The number of benzene rings is 1. The zero-order chi connectivity index (χ0) is 14.8. The Bertz CT molecular complexity index is 591. The molecule has 4 heteroatoms. The van der Waals surface area contributed by atoms with Gasteiger partial charge in [0.1, 0.15) is 5.76 Å². The molecule has 1 aliphatic carbocycles. The molecule has 1 saturated carbocycles. The quantitative estimate of drug-likeness (QED) is 0.877. The molecule has 21 heavy (non-hydrogen) atoms. The largest absolute Gasteiger partial charge is 0.467 e. The first kappa shape index (κ1) is 14.5. The molecule has 1 fully saturated rings. The molecular formula is C17H21ClN2O. The van der Waals surface area contributed by atoms with Gasteiger partial charge in [0.15, 0.2) is 0 Å². The summed E-state index contributed by atoms with van der Waals surface area (Å²) in [6.07, 6.45) is 5.03. The summed E-state index contributed by atoms with van der Waals surface area (Å²) in [4.78, 5) is 2.42.